The van der Waals surface area contributed by atoms with Crippen LogP contribution in [0.15, 0.2) is 0 Å². The van der Waals surface area contributed by atoms with E-state index in [0.717, 1.165) is 12.8 Å². The molecule has 0 heterocycles. The van der Waals surface area contributed by atoms with Crippen LogP contribution in [0.5, 0.6) is 0 Å². The zero-order chi connectivity index (χ0) is 12.4. The number of rotatable bonds is 8. The average Bonchev–Trinajstić information content (AvgIpc) is 2.17. The molecule has 4 nitrogen and oxygen atoms in total. The fourth-order valence-corrected chi connectivity index (χ4v) is 1.53. The second-order valence-corrected chi connectivity index (χ2v) is 4.43. The van der Waals surface area contributed by atoms with E-state index in [1.165, 1.54) is 12.8 Å². The first-order valence-corrected chi connectivity index (χ1v) is 6.28. The quantitative estimate of drug-likeness (QED) is 0.559. The molecule has 2 atom stereocenters. The van der Waals surface area contributed by atoms with Gasteiger partial charge in [0.15, 0.2) is 0 Å². The summed E-state index contributed by atoms with van der Waals surface area (Å²) in [4.78, 5) is 11.5. The summed E-state index contributed by atoms with van der Waals surface area (Å²) in [5.74, 6) is 0. The van der Waals surface area contributed by atoms with Crippen LogP contribution in [0.25, 0.3) is 0 Å². The molecule has 0 saturated heterocycles. The minimum atomic E-state index is -0.134. The molecule has 1 unspecified atom stereocenters. The van der Waals surface area contributed by atoms with Gasteiger partial charge in [-0.15, -0.1) is 0 Å². The Morgan fingerprint density at radius 3 is 2.19 bits per heavy atom. The fourth-order valence-electron chi connectivity index (χ4n) is 1.53. The lowest BCUT2D eigenvalue weighted by Gasteiger charge is -2.17. The molecule has 0 aromatic rings. The van der Waals surface area contributed by atoms with Gasteiger partial charge in [-0.25, -0.2) is 4.79 Å². The number of urea groups is 1. The summed E-state index contributed by atoms with van der Waals surface area (Å²) in [6, 6.07) is 0.102. The maximum atomic E-state index is 11.5. The van der Waals surface area contributed by atoms with Crippen LogP contribution in [0.3, 0.4) is 0 Å². The van der Waals surface area contributed by atoms with Gasteiger partial charge in [0.1, 0.15) is 0 Å². The molecule has 96 valence electrons. The SMILES string of the molecule is CCCCCC(C)NC(=O)N[C@H](C)CCO. The Labute approximate surface area is 98.8 Å². The molecular weight excluding hydrogens is 204 g/mol. The number of aliphatic hydroxyl groups excluding tert-OH is 1. The van der Waals surface area contributed by atoms with Gasteiger partial charge in [-0.05, 0) is 26.7 Å². The molecule has 0 rings (SSSR count). The van der Waals surface area contributed by atoms with Gasteiger partial charge < -0.3 is 15.7 Å². The summed E-state index contributed by atoms with van der Waals surface area (Å²) in [6.07, 6.45) is 5.19. The first-order chi connectivity index (χ1) is 7.60. The molecule has 0 aliphatic heterocycles. The van der Waals surface area contributed by atoms with Gasteiger partial charge >= 0.3 is 6.03 Å². The molecule has 0 fully saturated rings. The second kappa shape index (κ2) is 9.46. The van der Waals surface area contributed by atoms with Gasteiger partial charge in [-0.2, -0.15) is 0 Å². The maximum absolute atomic E-state index is 11.5. The van der Waals surface area contributed by atoms with Crippen molar-refractivity contribution in [3.05, 3.63) is 0 Å². The van der Waals surface area contributed by atoms with Crippen molar-refractivity contribution in [1.29, 1.82) is 0 Å². The van der Waals surface area contributed by atoms with Crippen LogP contribution in [-0.2, 0) is 0 Å². The molecule has 3 N–H and O–H groups in total. The molecular formula is C12H26N2O2. The summed E-state index contributed by atoms with van der Waals surface area (Å²) in [6.45, 7) is 6.18. The predicted molar refractivity (Wildman–Crippen MR) is 66.4 cm³/mol. The Kier molecular flexibility index (Phi) is 9.00. The second-order valence-electron chi connectivity index (χ2n) is 4.43. The van der Waals surface area contributed by atoms with Gasteiger partial charge in [0.05, 0.1) is 0 Å². The van der Waals surface area contributed by atoms with Gasteiger partial charge in [-0.3, -0.25) is 0 Å². The maximum Gasteiger partial charge on any atom is 0.315 e. The molecule has 4 heteroatoms. The van der Waals surface area contributed by atoms with Gasteiger partial charge in [-0.1, -0.05) is 26.2 Å². The van der Waals surface area contributed by atoms with Crippen molar-refractivity contribution in [2.75, 3.05) is 6.61 Å². The predicted octanol–water partition coefficient (Wildman–Crippen LogP) is 2.03. The highest BCUT2D eigenvalue weighted by atomic mass is 16.3. The van der Waals surface area contributed by atoms with Crippen molar-refractivity contribution >= 4 is 6.03 Å². The highest BCUT2D eigenvalue weighted by Crippen LogP contribution is 2.02. The van der Waals surface area contributed by atoms with Crippen molar-refractivity contribution in [2.24, 2.45) is 0 Å². The van der Waals surface area contributed by atoms with E-state index in [1.807, 2.05) is 13.8 Å². The molecule has 2 amide bonds. The zero-order valence-corrected chi connectivity index (χ0v) is 10.8. The van der Waals surface area contributed by atoms with Crippen molar-refractivity contribution < 1.29 is 9.90 Å². The number of carbonyl (C=O) groups is 1. The van der Waals surface area contributed by atoms with Crippen LogP contribution in [0.2, 0.25) is 0 Å². The van der Waals surface area contributed by atoms with E-state index in [1.54, 1.807) is 0 Å². The van der Waals surface area contributed by atoms with Crippen LogP contribution < -0.4 is 10.6 Å². The highest BCUT2D eigenvalue weighted by Gasteiger charge is 2.09. The Hall–Kier alpha value is -0.770. The minimum Gasteiger partial charge on any atom is -0.396 e. The van der Waals surface area contributed by atoms with Crippen molar-refractivity contribution in [3.63, 3.8) is 0 Å². The smallest absolute Gasteiger partial charge is 0.315 e. The molecule has 0 bridgehead atoms. The molecule has 0 aliphatic carbocycles. The number of hydrogen-bond acceptors (Lipinski definition) is 2. The average molecular weight is 230 g/mol. The van der Waals surface area contributed by atoms with E-state index in [2.05, 4.69) is 17.6 Å². The van der Waals surface area contributed by atoms with Gasteiger partial charge in [0, 0.05) is 18.7 Å². The van der Waals surface area contributed by atoms with Crippen LogP contribution in [0.1, 0.15) is 52.9 Å². The highest BCUT2D eigenvalue weighted by molar-refractivity contribution is 5.74. The Balaban J connectivity index is 3.61. The topological polar surface area (TPSA) is 61.4 Å². The molecule has 0 aromatic heterocycles. The van der Waals surface area contributed by atoms with Crippen LogP contribution in [0.4, 0.5) is 4.79 Å². The number of nitrogens with one attached hydrogen (secondary N) is 2. The molecule has 0 aromatic carbocycles. The monoisotopic (exact) mass is 230 g/mol. The lowest BCUT2D eigenvalue weighted by molar-refractivity contribution is 0.227. The standard InChI is InChI=1S/C12H26N2O2/c1-4-5-6-7-10(2)13-12(16)14-11(3)8-9-15/h10-11,15H,4-9H2,1-3H3,(H2,13,14,16)/t10?,11-/m1/s1. The number of unbranched alkanes of at least 4 members (excludes halogenated alkanes) is 2. The third kappa shape index (κ3) is 8.53. The number of amides is 2. The van der Waals surface area contributed by atoms with E-state index in [0.29, 0.717) is 6.42 Å². The Morgan fingerprint density at radius 2 is 1.69 bits per heavy atom. The van der Waals surface area contributed by atoms with Crippen LogP contribution in [0, 0.1) is 0 Å². The molecule has 16 heavy (non-hydrogen) atoms. The first kappa shape index (κ1) is 15.2. The first-order valence-electron chi connectivity index (χ1n) is 6.28. The third-order valence-corrected chi connectivity index (χ3v) is 2.56. The van der Waals surface area contributed by atoms with E-state index in [4.69, 9.17) is 5.11 Å². The van der Waals surface area contributed by atoms with Crippen LogP contribution in [-0.4, -0.2) is 29.8 Å². The van der Waals surface area contributed by atoms with E-state index in [-0.39, 0.29) is 24.7 Å². The molecule has 0 spiro atoms. The number of aliphatic hydroxyl groups is 1. The van der Waals surface area contributed by atoms with Crippen LogP contribution >= 0.6 is 0 Å². The summed E-state index contributed by atoms with van der Waals surface area (Å²) < 4.78 is 0. The summed E-state index contributed by atoms with van der Waals surface area (Å²) in [7, 11) is 0. The lowest BCUT2D eigenvalue weighted by atomic mass is 10.1. The van der Waals surface area contributed by atoms with E-state index >= 15 is 0 Å². The molecule has 0 saturated carbocycles. The molecule has 0 radical (unpaired) electrons. The largest absolute Gasteiger partial charge is 0.396 e. The number of carbonyl (C=O) groups excluding carboxylic acids is 1. The lowest BCUT2D eigenvalue weighted by Crippen LogP contribution is -2.44. The summed E-state index contributed by atoms with van der Waals surface area (Å²) in [5.41, 5.74) is 0. The summed E-state index contributed by atoms with van der Waals surface area (Å²) >= 11 is 0. The van der Waals surface area contributed by atoms with Crippen molar-refractivity contribution in [1.82, 2.24) is 10.6 Å². The van der Waals surface area contributed by atoms with Crippen molar-refractivity contribution in [2.45, 2.75) is 65.0 Å². The fraction of sp³-hybridized carbons (Fsp3) is 0.917. The van der Waals surface area contributed by atoms with E-state index < -0.39 is 0 Å². The molecule has 0 aliphatic rings. The van der Waals surface area contributed by atoms with Gasteiger partial charge in [0.25, 0.3) is 0 Å². The zero-order valence-electron chi connectivity index (χ0n) is 10.8. The Morgan fingerprint density at radius 1 is 1.12 bits per heavy atom. The minimum absolute atomic E-state index is 0.0211. The van der Waals surface area contributed by atoms with Crippen molar-refractivity contribution in [3.8, 4) is 0 Å². The Bertz CT molecular complexity index is 186. The van der Waals surface area contributed by atoms with Gasteiger partial charge in [0.2, 0.25) is 0 Å². The number of hydrogen-bond donors (Lipinski definition) is 3. The normalized spacial score (nSPS) is 14.2. The third-order valence-electron chi connectivity index (χ3n) is 2.56. The van der Waals surface area contributed by atoms with E-state index in [9.17, 15) is 4.79 Å². The summed E-state index contributed by atoms with van der Waals surface area (Å²) in [5, 5.41) is 14.4.